The first kappa shape index (κ1) is 18.4. The molecule has 2 heterocycles. The van der Waals surface area contributed by atoms with Crippen LogP contribution in [0.2, 0.25) is 5.02 Å². The standard InChI is InChI=1S/C18H24ClFN2O3/c1-2-15(16-4-3-8-24-16)21-18(23)22-7-9-25-17(11-22)12-5-6-14(20)13(19)10-12/h5-6,10,15-17H,2-4,7-9,11H2,1H3,(H,21,23)/t15-,16+,17-/m0/s1. The number of morpholine rings is 1. The van der Waals surface area contributed by atoms with Crippen molar-refractivity contribution >= 4 is 17.6 Å². The van der Waals surface area contributed by atoms with Crippen LogP contribution in [-0.4, -0.2) is 49.4 Å². The highest BCUT2D eigenvalue weighted by atomic mass is 35.5. The molecule has 0 unspecified atom stereocenters. The zero-order chi connectivity index (χ0) is 17.8. The van der Waals surface area contributed by atoms with Crippen LogP contribution in [0.3, 0.4) is 0 Å². The van der Waals surface area contributed by atoms with Crippen LogP contribution in [0.5, 0.6) is 0 Å². The van der Waals surface area contributed by atoms with Gasteiger partial charge in [0.25, 0.3) is 0 Å². The Morgan fingerprint density at radius 2 is 2.28 bits per heavy atom. The Balaban J connectivity index is 1.61. The van der Waals surface area contributed by atoms with Crippen LogP contribution in [0.25, 0.3) is 0 Å². The van der Waals surface area contributed by atoms with Crippen LogP contribution in [0, 0.1) is 5.82 Å². The summed E-state index contributed by atoms with van der Waals surface area (Å²) in [6.45, 7) is 4.19. The van der Waals surface area contributed by atoms with Crippen LogP contribution in [0.4, 0.5) is 9.18 Å². The minimum absolute atomic E-state index is 0.0246. The summed E-state index contributed by atoms with van der Waals surface area (Å²) in [4.78, 5) is 14.4. The van der Waals surface area contributed by atoms with Crippen molar-refractivity contribution in [2.45, 2.75) is 44.4 Å². The molecule has 1 aromatic rings. The Bertz CT molecular complexity index is 610. The van der Waals surface area contributed by atoms with Crippen LogP contribution in [0.1, 0.15) is 37.9 Å². The van der Waals surface area contributed by atoms with E-state index in [1.807, 2.05) is 0 Å². The molecule has 7 heteroatoms. The SMILES string of the molecule is CC[C@H](NC(=O)N1CCO[C@H](c2ccc(F)c(Cl)c2)C1)[C@H]1CCCO1. The van der Waals surface area contributed by atoms with Crippen molar-refractivity contribution in [1.82, 2.24) is 10.2 Å². The van der Waals surface area contributed by atoms with Gasteiger partial charge in [-0.3, -0.25) is 0 Å². The maximum absolute atomic E-state index is 13.3. The van der Waals surface area contributed by atoms with Crippen molar-refractivity contribution in [3.8, 4) is 0 Å². The van der Waals surface area contributed by atoms with E-state index in [0.29, 0.717) is 19.7 Å². The summed E-state index contributed by atoms with van der Waals surface area (Å²) in [7, 11) is 0. The Hall–Kier alpha value is -1.37. The third-order valence-electron chi connectivity index (χ3n) is 4.83. The summed E-state index contributed by atoms with van der Waals surface area (Å²) >= 11 is 5.85. The first-order chi connectivity index (χ1) is 12.1. The molecule has 2 amide bonds. The lowest BCUT2D eigenvalue weighted by molar-refractivity contribution is -0.0168. The third-order valence-corrected chi connectivity index (χ3v) is 5.12. The summed E-state index contributed by atoms with van der Waals surface area (Å²) < 4.78 is 24.8. The molecule has 0 aromatic heterocycles. The van der Waals surface area contributed by atoms with E-state index in [2.05, 4.69) is 12.2 Å². The van der Waals surface area contributed by atoms with Crippen molar-refractivity contribution < 1.29 is 18.7 Å². The molecule has 0 aliphatic carbocycles. The molecule has 138 valence electrons. The number of amides is 2. The molecule has 2 saturated heterocycles. The van der Waals surface area contributed by atoms with Crippen molar-refractivity contribution in [2.24, 2.45) is 0 Å². The van der Waals surface area contributed by atoms with Gasteiger partial charge in [-0.15, -0.1) is 0 Å². The molecule has 3 atom stereocenters. The number of nitrogens with zero attached hydrogens (tertiary/aromatic N) is 1. The molecular formula is C18H24ClFN2O3. The summed E-state index contributed by atoms with van der Waals surface area (Å²) in [5, 5.41) is 3.15. The molecular weight excluding hydrogens is 347 g/mol. The molecule has 0 spiro atoms. The maximum atomic E-state index is 13.3. The molecule has 2 aliphatic heterocycles. The normalized spacial score (nSPS) is 25.0. The molecule has 5 nitrogen and oxygen atoms in total. The molecule has 2 aliphatic rings. The lowest BCUT2D eigenvalue weighted by Gasteiger charge is -2.35. The summed E-state index contributed by atoms with van der Waals surface area (Å²) in [6.07, 6.45) is 2.65. The second-order valence-electron chi connectivity index (χ2n) is 6.49. The Kier molecular flexibility index (Phi) is 6.15. The van der Waals surface area contributed by atoms with E-state index in [-0.39, 0.29) is 29.3 Å². The highest BCUT2D eigenvalue weighted by Crippen LogP contribution is 2.26. The van der Waals surface area contributed by atoms with E-state index in [0.717, 1.165) is 31.4 Å². The number of carbonyl (C=O) groups excluding carboxylic acids is 1. The molecule has 0 saturated carbocycles. The van der Waals surface area contributed by atoms with Gasteiger partial charge < -0.3 is 19.7 Å². The van der Waals surface area contributed by atoms with Gasteiger partial charge in [0.05, 0.1) is 30.3 Å². The van der Waals surface area contributed by atoms with Crippen molar-refractivity contribution in [2.75, 3.05) is 26.3 Å². The average Bonchev–Trinajstić information content (AvgIpc) is 3.16. The molecule has 2 fully saturated rings. The topological polar surface area (TPSA) is 50.8 Å². The van der Waals surface area contributed by atoms with Crippen LogP contribution in [0.15, 0.2) is 18.2 Å². The lowest BCUT2D eigenvalue weighted by Crippen LogP contribution is -2.52. The zero-order valence-corrected chi connectivity index (χ0v) is 15.1. The van der Waals surface area contributed by atoms with Gasteiger partial charge >= 0.3 is 6.03 Å². The minimum Gasteiger partial charge on any atom is -0.376 e. The summed E-state index contributed by atoms with van der Waals surface area (Å²) in [5.41, 5.74) is 0.773. The first-order valence-corrected chi connectivity index (χ1v) is 9.20. The van der Waals surface area contributed by atoms with Gasteiger partial charge in [0, 0.05) is 13.2 Å². The Labute approximate surface area is 152 Å². The Morgan fingerprint density at radius 1 is 1.44 bits per heavy atom. The van der Waals surface area contributed by atoms with Gasteiger partial charge in [0.1, 0.15) is 11.9 Å². The molecule has 0 radical (unpaired) electrons. The van der Waals surface area contributed by atoms with E-state index in [1.54, 1.807) is 17.0 Å². The number of hydrogen-bond donors (Lipinski definition) is 1. The molecule has 1 aromatic carbocycles. The van der Waals surface area contributed by atoms with Gasteiger partial charge in [0.2, 0.25) is 0 Å². The van der Waals surface area contributed by atoms with Crippen molar-refractivity contribution in [3.05, 3.63) is 34.6 Å². The fourth-order valence-electron chi connectivity index (χ4n) is 3.38. The van der Waals surface area contributed by atoms with Crippen LogP contribution in [-0.2, 0) is 9.47 Å². The van der Waals surface area contributed by atoms with E-state index in [4.69, 9.17) is 21.1 Å². The van der Waals surface area contributed by atoms with Gasteiger partial charge in [0.15, 0.2) is 0 Å². The van der Waals surface area contributed by atoms with E-state index in [1.165, 1.54) is 6.07 Å². The van der Waals surface area contributed by atoms with Gasteiger partial charge in [-0.25, -0.2) is 9.18 Å². The fourth-order valence-corrected chi connectivity index (χ4v) is 3.56. The quantitative estimate of drug-likeness (QED) is 0.882. The number of ether oxygens (including phenoxy) is 2. The number of carbonyl (C=O) groups is 1. The van der Waals surface area contributed by atoms with Crippen molar-refractivity contribution in [3.63, 3.8) is 0 Å². The average molecular weight is 371 g/mol. The smallest absolute Gasteiger partial charge is 0.317 e. The highest BCUT2D eigenvalue weighted by molar-refractivity contribution is 6.30. The minimum atomic E-state index is -0.460. The highest BCUT2D eigenvalue weighted by Gasteiger charge is 2.30. The predicted octanol–water partition coefficient (Wildman–Crippen LogP) is 3.52. The number of hydrogen-bond acceptors (Lipinski definition) is 3. The van der Waals surface area contributed by atoms with Gasteiger partial charge in [-0.1, -0.05) is 24.6 Å². The van der Waals surface area contributed by atoms with Crippen LogP contribution >= 0.6 is 11.6 Å². The number of halogens is 2. The van der Waals surface area contributed by atoms with E-state index >= 15 is 0 Å². The number of nitrogens with one attached hydrogen (secondary N) is 1. The summed E-state index contributed by atoms with van der Waals surface area (Å²) in [6, 6.07) is 4.45. The molecule has 3 rings (SSSR count). The van der Waals surface area contributed by atoms with Crippen LogP contribution < -0.4 is 5.32 Å². The first-order valence-electron chi connectivity index (χ1n) is 8.82. The molecule has 0 bridgehead atoms. The number of benzene rings is 1. The van der Waals surface area contributed by atoms with E-state index in [9.17, 15) is 9.18 Å². The van der Waals surface area contributed by atoms with Gasteiger partial charge in [-0.05, 0) is 37.0 Å². The predicted molar refractivity (Wildman–Crippen MR) is 93.3 cm³/mol. The zero-order valence-electron chi connectivity index (χ0n) is 14.3. The molecule has 1 N–H and O–H groups in total. The third kappa shape index (κ3) is 4.43. The molecule has 25 heavy (non-hydrogen) atoms. The largest absolute Gasteiger partial charge is 0.376 e. The van der Waals surface area contributed by atoms with Crippen molar-refractivity contribution in [1.29, 1.82) is 0 Å². The fraction of sp³-hybridized carbons (Fsp3) is 0.611. The lowest BCUT2D eigenvalue weighted by atomic mass is 10.1. The summed E-state index contributed by atoms with van der Waals surface area (Å²) in [5.74, 6) is -0.460. The Morgan fingerprint density at radius 3 is 2.96 bits per heavy atom. The second-order valence-corrected chi connectivity index (χ2v) is 6.90. The second kappa shape index (κ2) is 8.34. The van der Waals surface area contributed by atoms with E-state index < -0.39 is 5.82 Å². The number of urea groups is 1. The van der Waals surface area contributed by atoms with Gasteiger partial charge in [-0.2, -0.15) is 0 Å². The monoisotopic (exact) mass is 370 g/mol. The number of rotatable bonds is 4. The maximum Gasteiger partial charge on any atom is 0.317 e.